The topological polar surface area (TPSA) is 40.5 Å². The van der Waals surface area contributed by atoms with Gasteiger partial charge < -0.3 is 0 Å². The third kappa shape index (κ3) is 5.41. The SMILES string of the molecule is O[C@H](C[Se]c1ccccc1)[C@H](O)C[Se]c1ccccc1. The van der Waals surface area contributed by atoms with Gasteiger partial charge >= 0.3 is 133 Å². The molecule has 0 aliphatic heterocycles. The second-order valence-corrected chi connectivity index (χ2v) is 8.97. The molecule has 0 saturated carbocycles. The first-order chi connectivity index (χ1) is 9.75. The molecule has 0 bridgehead atoms. The monoisotopic (exact) mass is 402 g/mol. The van der Waals surface area contributed by atoms with Crippen LogP contribution in [0.25, 0.3) is 0 Å². The van der Waals surface area contributed by atoms with E-state index in [1.54, 1.807) is 0 Å². The van der Waals surface area contributed by atoms with Crippen molar-refractivity contribution in [2.75, 3.05) is 0 Å². The van der Waals surface area contributed by atoms with E-state index in [9.17, 15) is 10.2 Å². The fraction of sp³-hybridized carbons (Fsp3) is 0.250. The van der Waals surface area contributed by atoms with Crippen LogP contribution in [0.5, 0.6) is 0 Å². The molecule has 0 fully saturated rings. The van der Waals surface area contributed by atoms with Crippen molar-refractivity contribution in [3.05, 3.63) is 60.7 Å². The normalized spacial score (nSPS) is 13.9. The van der Waals surface area contributed by atoms with Gasteiger partial charge in [-0.05, 0) is 0 Å². The van der Waals surface area contributed by atoms with E-state index in [4.69, 9.17) is 0 Å². The molecule has 2 aromatic rings. The Bertz CT molecular complexity index is 443. The van der Waals surface area contributed by atoms with Gasteiger partial charge in [-0.25, -0.2) is 0 Å². The van der Waals surface area contributed by atoms with Crippen LogP contribution in [-0.2, 0) is 0 Å². The Balaban J connectivity index is 1.73. The average molecular weight is 400 g/mol. The van der Waals surface area contributed by atoms with Crippen molar-refractivity contribution in [1.82, 2.24) is 0 Å². The van der Waals surface area contributed by atoms with Crippen LogP contribution < -0.4 is 8.92 Å². The average Bonchev–Trinajstić information content (AvgIpc) is 2.52. The number of rotatable bonds is 7. The maximum atomic E-state index is 10.0. The van der Waals surface area contributed by atoms with Crippen LogP contribution in [0.2, 0.25) is 10.6 Å². The Morgan fingerprint density at radius 3 is 1.35 bits per heavy atom. The van der Waals surface area contributed by atoms with Crippen molar-refractivity contribution in [2.45, 2.75) is 22.8 Å². The summed E-state index contributed by atoms with van der Waals surface area (Å²) in [7, 11) is 0. The molecule has 2 nitrogen and oxygen atoms in total. The van der Waals surface area contributed by atoms with E-state index in [0.29, 0.717) is 10.6 Å². The Hall–Kier alpha value is -0.601. The van der Waals surface area contributed by atoms with Crippen molar-refractivity contribution >= 4 is 38.8 Å². The van der Waals surface area contributed by atoms with Gasteiger partial charge in [0, 0.05) is 0 Å². The Kier molecular flexibility index (Phi) is 6.81. The Labute approximate surface area is 132 Å². The van der Waals surface area contributed by atoms with Crippen molar-refractivity contribution in [3.8, 4) is 0 Å². The summed E-state index contributed by atoms with van der Waals surface area (Å²) in [5.74, 6) is 0. The van der Waals surface area contributed by atoms with Gasteiger partial charge in [-0.1, -0.05) is 0 Å². The van der Waals surface area contributed by atoms with Gasteiger partial charge in [-0.15, -0.1) is 0 Å². The summed E-state index contributed by atoms with van der Waals surface area (Å²) in [6.45, 7) is 0. The zero-order chi connectivity index (χ0) is 14.2. The molecule has 2 rings (SSSR count). The fourth-order valence-corrected chi connectivity index (χ4v) is 5.54. The Morgan fingerprint density at radius 2 is 1.00 bits per heavy atom. The zero-order valence-electron chi connectivity index (χ0n) is 11.1. The van der Waals surface area contributed by atoms with Crippen LogP contribution in [0.4, 0.5) is 0 Å². The fourth-order valence-electron chi connectivity index (χ4n) is 1.62. The molecule has 0 heterocycles. The number of hydrogen-bond donors (Lipinski definition) is 2. The Morgan fingerprint density at radius 1 is 0.650 bits per heavy atom. The van der Waals surface area contributed by atoms with Gasteiger partial charge in [0.25, 0.3) is 0 Å². The molecule has 0 saturated heterocycles. The molecule has 2 atom stereocenters. The van der Waals surface area contributed by atoms with Gasteiger partial charge in [0.05, 0.1) is 0 Å². The first-order valence-corrected chi connectivity index (χ1v) is 10.6. The van der Waals surface area contributed by atoms with Crippen LogP contribution in [0.1, 0.15) is 0 Å². The van der Waals surface area contributed by atoms with E-state index in [0.717, 1.165) is 0 Å². The maximum absolute atomic E-state index is 10.0. The van der Waals surface area contributed by atoms with Crippen LogP contribution in [0.15, 0.2) is 60.7 Å². The van der Waals surface area contributed by atoms with E-state index < -0.39 is 12.2 Å². The molecule has 0 aromatic heterocycles. The van der Waals surface area contributed by atoms with Crippen molar-refractivity contribution in [1.29, 1.82) is 0 Å². The van der Waals surface area contributed by atoms with E-state index in [-0.39, 0.29) is 29.9 Å². The van der Waals surface area contributed by atoms with E-state index in [2.05, 4.69) is 24.3 Å². The van der Waals surface area contributed by atoms with Gasteiger partial charge in [0.2, 0.25) is 0 Å². The molecule has 2 N–H and O–H groups in total. The molecule has 2 aromatic carbocycles. The van der Waals surface area contributed by atoms with Gasteiger partial charge in [0.15, 0.2) is 0 Å². The summed E-state index contributed by atoms with van der Waals surface area (Å²) < 4.78 is 2.53. The van der Waals surface area contributed by atoms with E-state index >= 15 is 0 Å². The van der Waals surface area contributed by atoms with Crippen LogP contribution >= 0.6 is 0 Å². The number of aliphatic hydroxyl groups is 2. The van der Waals surface area contributed by atoms with Crippen LogP contribution in [0, 0.1) is 0 Å². The van der Waals surface area contributed by atoms with Crippen molar-refractivity contribution < 1.29 is 10.2 Å². The number of hydrogen-bond acceptors (Lipinski definition) is 2. The van der Waals surface area contributed by atoms with Gasteiger partial charge in [0.1, 0.15) is 0 Å². The molecule has 20 heavy (non-hydrogen) atoms. The summed E-state index contributed by atoms with van der Waals surface area (Å²) in [5.41, 5.74) is 0. The summed E-state index contributed by atoms with van der Waals surface area (Å²) >= 11 is 0.447. The molecular formula is C16H18O2Se2. The number of benzene rings is 2. The quantitative estimate of drug-likeness (QED) is 0.669. The van der Waals surface area contributed by atoms with Crippen molar-refractivity contribution in [2.24, 2.45) is 0 Å². The third-order valence-electron chi connectivity index (χ3n) is 2.77. The predicted octanol–water partition coefficient (Wildman–Crippen LogP) is 0.604. The standard InChI is InChI=1S/C16H18O2Se2/c17-15(11-19-13-7-3-1-4-8-13)16(18)12-20-14-9-5-2-6-10-14/h1-10,15-18H,11-12H2/t15-,16-/m1/s1. The second kappa shape index (κ2) is 8.63. The third-order valence-corrected chi connectivity index (χ3v) is 7.45. The molecule has 0 radical (unpaired) electrons. The summed E-state index contributed by atoms with van der Waals surface area (Å²) in [5, 5.41) is 21.4. The minimum absolute atomic E-state index is 0.224. The molecule has 106 valence electrons. The molecule has 0 unspecified atom stereocenters. The molecule has 0 aliphatic rings. The summed E-state index contributed by atoms with van der Waals surface area (Å²) in [6, 6.07) is 20.3. The van der Waals surface area contributed by atoms with Crippen LogP contribution in [-0.4, -0.2) is 52.3 Å². The number of aliphatic hydroxyl groups excluding tert-OH is 2. The van der Waals surface area contributed by atoms with Crippen LogP contribution in [0.3, 0.4) is 0 Å². The van der Waals surface area contributed by atoms with Gasteiger partial charge in [-0.3, -0.25) is 0 Å². The zero-order valence-corrected chi connectivity index (χ0v) is 14.5. The first-order valence-electron chi connectivity index (χ1n) is 6.47. The van der Waals surface area contributed by atoms with E-state index in [1.165, 1.54) is 8.92 Å². The molecule has 0 amide bonds. The molecular weight excluding hydrogens is 382 g/mol. The first kappa shape index (κ1) is 15.8. The predicted molar refractivity (Wildman–Crippen MR) is 85.3 cm³/mol. The molecule has 4 heteroatoms. The minimum atomic E-state index is -0.610. The van der Waals surface area contributed by atoms with E-state index in [1.807, 2.05) is 36.4 Å². The van der Waals surface area contributed by atoms with Crippen molar-refractivity contribution in [3.63, 3.8) is 0 Å². The molecule has 0 spiro atoms. The summed E-state index contributed by atoms with van der Waals surface area (Å²) in [4.78, 5) is 0. The second-order valence-electron chi connectivity index (χ2n) is 4.38. The van der Waals surface area contributed by atoms with Gasteiger partial charge in [-0.2, -0.15) is 0 Å². The molecule has 0 aliphatic carbocycles. The summed E-state index contributed by atoms with van der Waals surface area (Å²) in [6.07, 6.45) is -1.22.